The van der Waals surface area contributed by atoms with Crippen molar-refractivity contribution in [2.45, 2.75) is 32.7 Å². The fourth-order valence-corrected chi connectivity index (χ4v) is 3.22. The summed E-state index contributed by atoms with van der Waals surface area (Å²) in [4.78, 5) is 20.9. The topological polar surface area (TPSA) is 59.8 Å². The molecular formula is C21H20F4N4O. The monoisotopic (exact) mass is 420 g/mol. The summed E-state index contributed by atoms with van der Waals surface area (Å²) in [6, 6.07) is 3.09. The number of pyridine rings is 1. The first-order chi connectivity index (χ1) is 14.3. The Bertz CT molecular complexity index is 1160. The number of hydrogen-bond donors (Lipinski definition) is 1. The van der Waals surface area contributed by atoms with Crippen molar-refractivity contribution in [3.63, 3.8) is 0 Å². The summed E-state index contributed by atoms with van der Waals surface area (Å²) in [6.07, 6.45) is -0.264. The Morgan fingerprint density at radius 3 is 2.63 bits per heavy atom. The SMILES string of the molecule is C=C(CCF)n1cc2c(N[C@@H](C)c3cccc(C(F)F)c3F)ncnc2c(C)c1=O. The van der Waals surface area contributed by atoms with E-state index in [-0.39, 0.29) is 29.1 Å². The lowest BCUT2D eigenvalue weighted by Crippen LogP contribution is -2.22. The number of hydrogen-bond acceptors (Lipinski definition) is 4. The molecule has 0 bridgehead atoms. The van der Waals surface area contributed by atoms with Crippen LogP contribution in [0.2, 0.25) is 0 Å². The Morgan fingerprint density at radius 1 is 1.27 bits per heavy atom. The summed E-state index contributed by atoms with van der Waals surface area (Å²) in [5.41, 5.74) is -0.0556. The predicted octanol–water partition coefficient (Wildman–Crippen LogP) is 5.18. The van der Waals surface area contributed by atoms with Crippen LogP contribution in [0.3, 0.4) is 0 Å². The second-order valence-electron chi connectivity index (χ2n) is 6.84. The van der Waals surface area contributed by atoms with Gasteiger partial charge in [0, 0.05) is 29.4 Å². The molecule has 0 aliphatic carbocycles. The van der Waals surface area contributed by atoms with Gasteiger partial charge >= 0.3 is 0 Å². The van der Waals surface area contributed by atoms with Gasteiger partial charge in [0.1, 0.15) is 18.0 Å². The average Bonchev–Trinajstić information content (AvgIpc) is 2.71. The molecule has 0 unspecified atom stereocenters. The van der Waals surface area contributed by atoms with E-state index < -0.39 is 30.5 Å². The van der Waals surface area contributed by atoms with Gasteiger partial charge in [0.25, 0.3) is 12.0 Å². The largest absolute Gasteiger partial charge is 0.363 e. The van der Waals surface area contributed by atoms with Crippen molar-refractivity contribution in [2.75, 3.05) is 12.0 Å². The van der Waals surface area contributed by atoms with Gasteiger partial charge in [-0.1, -0.05) is 24.8 Å². The van der Waals surface area contributed by atoms with E-state index in [1.807, 2.05) is 0 Å². The molecule has 3 aromatic rings. The number of fused-ring (bicyclic) bond motifs is 1. The number of benzene rings is 1. The fourth-order valence-electron chi connectivity index (χ4n) is 3.22. The van der Waals surface area contributed by atoms with E-state index in [2.05, 4.69) is 21.9 Å². The molecule has 3 rings (SSSR count). The first-order valence-electron chi connectivity index (χ1n) is 9.20. The number of halogens is 4. The highest BCUT2D eigenvalue weighted by atomic mass is 19.3. The lowest BCUT2D eigenvalue weighted by molar-refractivity contribution is 0.146. The molecule has 0 aliphatic rings. The van der Waals surface area contributed by atoms with Gasteiger partial charge in [-0.25, -0.2) is 23.1 Å². The number of nitrogens with one attached hydrogen (secondary N) is 1. The third kappa shape index (κ3) is 3.92. The maximum atomic E-state index is 14.5. The minimum atomic E-state index is -2.93. The van der Waals surface area contributed by atoms with Crippen molar-refractivity contribution in [3.8, 4) is 0 Å². The number of nitrogens with zero attached hydrogens (tertiary/aromatic N) is 3. The Labute approximate surface area is 170 Å². The third-order valence-corrected chi connectivity index (χ3v) is 4.87. The van der Waals surface area contributed by atoms with Crippen LogP contribution < -0.4 is 10.9 Å². The second kappa shape index (κ2) is 8.64. The number of anilines is 1. The Balaban J connectivity index is 2.08. The maximum Gasteiger partial charge on any atom is 0.266 e. The first-order valence-corrected chi connectivity index (χ1v) is 9.20. The zero-order chi connectivity index (χ0) is 22.0. The van der Waals surface area contributed by atoms with Crippen LogP contribution in [0.4, 0.5) is 23.4 Å². The summed E-state index contributed by atoms with van der Waals surface area (Å²) in [6.45, 7) is 6.25. The molecule has 0 aliphatic heterocycles. The highest BCUT2D eigenvalue weighted by Gasteiger charge is 2.21. The molecule has 0 fully saturated rings. The molecule has 158 valence electrons. The van der Waals surface area contributed by atoms with E-state index in [9.17, 15) is 22.4 Å². The molecule has 0 spiro atoms. The van der Waals surface area contributed by atoms with Crippen LogP contribution in [-0.4, -0.2) is 21.2 Å². The van der Waals surface area contributed by atoms with Crippen molar-refractivity contribution in [1.29, 1.82) is 0 Å². The van der Waals surface area contributed by atoms with E-state index in [0.717, 1.165) is 6.07 Å². The van der Waals surface area contributed by atoms with Gasteiger partial charge in [-0.15, -0.1) is 0 Å². The standard InChI is InChI=1S/C21H20F4N4O/c1-11(7-8-22)29-9-16-18(12(2)21(29)30)26-10-27-20(16)28-13(3)14-5-4-6-15(17(14)23)19(24)25/h4-6,9-10,13,19H,1,7-8H2,2-3H3,(H,26,27,28)/t13-/m0/s1. The highest BCUT2D eigenvalue weighted by Crippen LogP contribution is 2.30. The lowest BCUT2D eigenvalue weighted by atomic mass is 10.0. The van der Waals surface area contributed by atoms with Crippen LogP contribution in [0.25, 0.3) is 16.6 Å². The number of alkyl halides is 3. The van der Waals surface area contributed by atoms with Gasteiger partial charge in [0.05, 0.1) is 29.2 Å². The van der Waals surface area contributed by atoms with Gasteiger partial charge in [0.2, 0.25) is 0 Å². The molecule has 1 atom stereocenters. The molecule has 30 heavy (non-hydrogen) atoms. The minimum absolute atomic E-state index is 0.0245. The van der Waals surface area contributed by atoms with Crippen molar-refractivity contribution in [3.05, 3.63) is 70.2 Å². The molecule has 2 aromatic heterocycles. The molecule has 0 saturated carbocycles. The Morgan fingerprint density at radius 2 is 1.97 bits per heavy atom. The molecule has 0 amide bonds. The van der Waals surface area contributed by atoms with Crippen molar-refractivity contribution >= 4 is 22.4 Å². The summed E-state index contributed by atoms with van der Waals surface area (Å²) < 4.78 is 54.5. The summed E-state index contributed by atoms with van der Waals surface area (Å²) in [5.74, 6) is -0.713. The lowest BCUT2D eigenvalue weighted by Gasteiger charge is -2.19. The van der Waals surface area contributed by atoms with Crippen molar-refractivity contribution in [2.24, 2.45) is 0 Å². The van der Waals surface area contributed by atoms with Gasteiger partial charge in [-0.05, 0) is 13.8 Å². The van der Waals surface area contributed by atoms with E-state index >= 15 is 0 Å². The smallest absolute Gasteiger partial charge is 0.266 e. The van der Waals surface area contributed by atoms with E-state index in [0.29, 0.717) is 16.5 Å². The molecule has 5 nitrogen and oxygen atoms in total. The molecule has 1 aromatic carbocycles. The van der Waals surface area contributed by atoms with E-state index in [4.69, 9.17) is 0 Å². The fraction of sp³-hybridized carbons (Fsp3) is 0.286. The molecule has 0 radical (unpaired) electrons. The van der Waals surface area contributed by atoms with Crippen molar-refractivity contribution in [1.82, 2.24) is 14.5 Å². The molecular weight excluding hydrogens is 400 g/mol. The molecule has 9 heteroatoms. The molecule has 1 N–H and O–H groups in total. The molecule has 2 heterocycles. The normalized spacial score (nSPS) is 12.4. The minimum Gasteiger partial charge on any atom is -0.363 e. The van der Waals surface area contributed by atoms with Crippen LogP contribution in [0.15, 0.2) is 42.1 Å². The summed E-state index contributed by atoms with van der Waals surface area (Å²) in [5, 5.41) is 3.43. The van der Waals surface area contributed by atoms with Crippen LogP contribution in [0, 0.1) is 12.7 Å². The van der Waals surface area contributed by atoms with Crippen LogP contribution in [0.1, 0.15) is 42.5 Å². The van der Waals surface area contributed by atoms with Gasteiger partial charge < -0.3 is 5.32 Å². The Hall–Kier alpha value is -3.23. The van der Waals surface area contributed by atoms with Crippen LogP contribution in [-0.2, 0) is 0 Å². The van der Waals surface area contributed by atoms with E-state index in [1.165, 1.54) is 29.2 Å². The zero-order valence-electron chi connectivity index (χ0n) is 16.4. The van der Waals surface area contributed by atoms with E-state index in [1.54, 1.807) is 13.8 Å². The number of aromatic nitrogens is 3. The summed E-state index contributed by atoms with van der Waals surface area (Å²) >= 11 is 0. The van der Waals surface area contributed by atoms with Gasteiger partial charge in [-0.3, -0.25) is 13.8 Å². The van der Waals surface area contributed by atoms with Gasteiger partial charge in [-0.2, -0.15) is 0 Å². The first kappa shape index (κ1) is 21.5. The third-order valence-electron chi connectivity index (χ3n) is 4.87. The Kier molecular flexibility index (Phi) is 6.19. The van der Waals surface area contributed by atoms with Crippen LogP contribution in [0.5, 0.6) is 0 Å². The predicted molar refractivity (Wildman–Crippen MR) is 108 cm³/mol. The molecule has 0 saturated heterocycles. The number of rotatable bonds is 7. The summed E-state index contributed by atoms with van der Waals surface area (Å²) in [7, 11) is 0. The van der Waals surface area contributed by atoms with Crippen LogP contribution >= 0.6 is 0 Å². The second-order valence-corrected chi connectivity index (χ2v) is 6.84. The zero-order valence-corrected chi connectivity index (χ0v) is 16.4. The average molecular weight is 420 g/mol. The van der Waals surface area contributed by atoms with Crippen molar-refractivity contribution < 1.29 is 17.6 Å². The number of allylic oxidation sites excluding steroid dienone is 1. The quantitative estimate of drug-likeness (QED) is 0.535. The maximum absolute atomic E-state index is 14.5. The number of aryl methyl sites for hydroxylation is 1. The van der Waals surface area contributed by atoms with Gasteiger partial charge in [0.15, 0.2) is 0 Å². The highest BCUT2D eigenvalue weighted by molar-refractivity contribution is 5.90.